The van der Waals surface area contributed by atoms with Crippen LogP contribution in [0.15, 0.2) is 182 Å². The Bertz CT molecular complexity index is 3190. The molecule has 3 nitrogen and oxygen atoms in total. The summed E-state index contributed by atoms with van der Waals surface area (Å²) in [6.45, 7) is 2.17. The molecule has 0 aliphatic heterocycles. The Hall–Kier alpha value is -7.10. The zero-order chi connectivity index (χ0) is 37.0. The molecular formula is C53H35N3. The predicted octanol–water partition coefficient (Wildman–Crippen LogP) is 13.0. The summed E-state index contributed by atoms with van der Waals surface area (Å²) in [7, 11) is 0. The Kier molecular flexibility index (Phi) is 6.53. The molecule has 0 unspecified atom stereocenters. The van der Waals surface area contributed by atoms with Gasteiger partial charge in [-0.15, -0.1) is 0 Å². The van der Waals surface area contributed by atoms with Gasteiger partial charge in [-0.2, -0.15) is 0 Å². The molecule has 2 aromatic heterocycles. The Morgan fingerprint density at radius 1 is 0.464 bits per heavy atom. The summed E-state index contributed by atoms with van der Waals surface area (Å²) in [5.74, 6) is 1.07. The lowest BCUT2D eigenvalue weighted by Gasteiger charge is -2.30. The molecule has 56 heavy (non-hydrogen) atoms. The maximum Gasteiger partial charge on any atom is 0.114 e. The van der Waals surface area contributed by atoms with E-state index in [1.54, 1.807) is 0 Å². The number of benzene rings is 8. The van der Waals surface area contributed by atoms with Gasteiger partial charge < -0.3 is 0 Å². The molecule has 0 amide bonds. The summed E-state index contributed by atoms with van der Waals surface area (Å²) in [4.78, 5) is 10.3. The SMILES string of the molecule is CCc1nc2ccccc2n1-c1ccc(-c2cccc(-c3nc4ccccc4c4c5c(ccc34)C3(c4ccccc4-c4ccccc43)c3ccccc3-5)c2)cc1. The van der Waals surface area contributed by atoms with Gasteiger partial charge in [0.05, 0.1) is 27.7 Å². The number of pyridine rings is 1. The molecule has 2 aliphatic rings. The van der Waals surface area contributed by atoms with Crippen molar-refractivity contribution in [2.45, 2.75) is 18.8 Å². The summed E-state index contributed by atoms with van der Waals surface area (Å²) in [5, 5.41) is 3.61. The monoisotopic (exact) mass is 713 g/mol. The zero-order valence-electron chi connectivity index (χ0n) is 30.9. The van der Waals surface area contributed by atoms with Gasteiger partial charge >= 0.3 is 0 Å². The highest BCUT2D eigenvalue weighted by Gasteiger charge is 2.52. The molecule has 0 fully saturated rings. The fourth-order valence-corrected chi connectivity index (χ4v) is 10.1. The number of aryl methyl sites for hydroxylation is 1. The van der Waals surface area contributed by atoms with Crippen molar-refractivity contribution in [2.24, 2.45) is 0 Å². The van der Waals surface area contributed by atoms with Crippen LogP contribution in [0.1, 0.15) is 35.0 Å². The summed E-state index contributed by atoms with van der Waals surface area (Å²) in [5.41, 5.74) is 19.0. The number of rotatable bonds is 4. The van der Waals surface area contributed by atoms with E-state index >= 15 is 0 Å². The first-order valence-corrected chi connectivity index (χ1v) is 19.6. The molecule has 3 heteroatoms. The molecule has 262 valence electrons. The fourth-order valence-electron chi connectivity index (χ4n) is 10.1. The highest BCUT2D eigenvalue weighted by molar-refractivity contribution is 6.20. The maximum absolute atomic E-state index is 5.44. The lowest BCUT2D eigenvalue weighted by Crippen LogP contribution is -2.25. The molecule has 2 heterocycles. The summed E-state index contributed by atoms with van der Waals surface area (Å²) in [6, 6.07) is 66.8. The van der Waals surface area contributed by atoms with Crippen LogP contribution in [0, 0.1) is 0 Å². The minimum absolute atomic E-state index is 0.398. The molecule has 0 saturated heterocycles. The van der Waals surface area contributed by atoms with Crippen LogP contribution in [-0.2, 0) is 11.8 Å². The Morgan fingerprint density at radius 2 is 1.09 bits per heavy atom. The van der Waals surface area contributed by atoms with Gasteiger partial charge in [0.1, 0.15) is 5.82 Å². The Balaban J connectivity index is 1.06. The quantitative estimate of drug-likeness (QED) is 0.170. The summed E-state index contributed by atoms with van der Waals surface area (Å²) in [6.07, 6.45) is 0.863. The molecule has 0 N–H and O–H groups in total. The van der Waals surface area contributed by atoms with Crippen molar-refractivity contribution in [1.82, 2.24) is 14.5 Å². The highest BCUT2D eigenvalue weighted by atomic mass is 15.1. The number of hydrogen-bond acceptors (Lipinski definition) is 2. The van der Waals surface area contributed by atoms with Crippen LogP contribution in [0.5, 0.6) is 0 Å². The van der Waals surface area contributed by atoms with E-state index in [-0.39, 0.29) is 0 Å². The first-order chi connectivity index (χ1) is 27.7. The van der Waals surface area contributed by atoms with Crippen molar-refractivity contribution in [1.29, 1.82) is 0 Å². The average Bonchev–Trinajstić information content (AvgIpc) is 3.90. The molecule has 0 radical (unpaired) electrons. The second-order valence-electron chi connectivity index (χ2n) is 15.1. The van der Waals surface area contributed by atoms with E-state index in [2.05, 4.69) is 193 Å². The van der Waals surface area contributed by atoms with Gasteiger partial charge in [-0.3, -0.25) is 4.57 Å². The molecule has 0 saturated carbocycles. The van der Waals surface area contributed by atoms with Crippen LogP contribution < -0.4 is 0 Å². The summed E-state index contributed by atoms with van der Waals surface area (Å²) < 4.78 is 2.28. The number of imidazole rings is 1. The van der Waals surface area contributed by atoms with Crippen LogP contribution in [0.3, 0.4) is 0 Å². The Labute approximate surface area is 325 Å². The largest absolute Gasteiger partial charge is 0.296 e. The number of aromatic nitrogens is 3. The zero-order valence-corrected chi connectivity index (χ0v) is 30.9. The molecule has 8 aromatic carbocycles. The second kappa shape index (κ2) is 11.7. The van der Waals surface area contributed by atoms with E-state index in [0.717, 1.165) is 51.3 Å². The van der Waals surface area contributed by atoms with Gasteiger partial charge in [0, 0.05) is 33.8 Å². The summed E-state index contributed by atoms with van der Waals surface area (Å²) >= 11 is 0. The van der Waals surface area contributed by atoms with Gasteiger partial charge in [-0.05, 0) is 92.0 Å². The molecular weight excluding hydrogens is 679 g/mol. The van der Waals surface area contributed by atoms with Gasteiger partial charge in [0.2, 0.25) is 0 Å². The second-order valence-corrected chi connectivity index (χ2v) is 15.1. The first kappa shape index (κ1) is 31.3. The Morgan fingerprint density at radius 3 is 1.84 bits per heavy atom. The molecule has 2 aliphatic carbocycles. The lowest BCUT2D eigenvalue weighted by atomic mass is 9.70. The van der Waals surface area contributed by atoms with Crippen LogP contribution in [0.25, 0.3) is 83.0 Å². The third kappa shape index (κ3) is 4.12. The van der Waals surface area contributed by atoms with E-state index in [1.165, 1.54) is 66.2 Å². The normalized spacial score (nSPS) is 13.3. The van der Waals surface area contributed by atoms with Crippen molar-refractivity contribution in [3.8, 4) is 50.3 Å². The number of fused-ring (bicyclic) bond motifs is 15. The van der Waals surface area contributed by atoms with Gasteiger partial charge in [0.25, 0.3) is 0 Å². The van der Waals surface area contributed by atoms with E-state index in [1.807, 2.05) is 0 Å². The molecule has 10 aromatic rings. The first-order valence-electron chi connectivity index (χ1n) is 19.6. The number of para-hydroxylation sites is 3. The van der Waals surface area contributed by atoms with Gasteiger partial charge in [0.15, 0.2) is 0 Å². The number of hydrogen-bond donors (Lipinski definition) is 0. The van der Waals surface area contributed by atoms with Gasteiger partial charge in [-0.25, -0.2) is 9.97 Å². The van der Waals surface area contributed by atoms with Crippen molar-refractivity contribution >= 4 is 32.7 Å². The van der Waals surface area contributed by atoms with Crippen LogP contribution >= 0.6 is 0 Å². The predicted molar refractivity (Wildman–Crippen MR) is 230 cm³/mol. The molecule has 12 rings (SSSR count). The highest BCUT2D eigenvalue weighted by Crippen LogP contribution is 2.64. The van der Waals surface area contributed by atoms with Crippen LogP contribution in [0.4, 0.5) is 0 Å². The van der Waals surface area contributed by atoms with Crippen LogP contribution in [-0.4, -0.2) is 14.5 Å². The lowest BCUT2D eigenvalue weighted by molar-refractivity contribution is 0.794. The van der Waals surface area contributed by atoms with E-state index in [9.17, 15) is 0 Å². The van der Waals surface area contributed by atoms with Gasteiger partial charge in [-0.1, -0.05) is 153 Å². The van der Waals surface area contributed by atoms with Crippen molar-refractivity contribution in [3.63, 3.8) is 0 Å². The molecule has 0 atom stereocenters. The average molecular weight is 714 g/mol. The van der Waals surface area contributed by atoms with Crippen molar-refractivity contribution in [3.05, 3.63) is 210 Å². The smallest absolute Gasteiger partial charge is 0.114 e. The third-order valence-corrected chi connectivity index (χ3v) is 12.4. The number of nitrogens with zero attached hydrogens (tertiary/aromatic N) is 3. The van der Waals surface area contributed by atoms with E-state index in [0.29, 0.717) is 0 Å². The standard InChI is InChI=1S/C53H35N3/c1-2-49-54-47-24-11-12-25-48(47)56(49)36-28-26-33(27-29-36)34-14-13-15-35(32-34)52-41-30-31-45-51(50(41)40-19-6-10-23-46(40)55-52)39-18-5-9-22-44(39)53(45)42-20-7-3-16-37(42)38-17-4-8-21-43(38)53/h3-32H,2H2,1H3. The van der Waals surface area contributed by atoms with E-state index in [4.69, 9.17) is 9.97 Å². The van der Waals surface area contributed by atoms with Crippen molar-refractivity contribution < 1.29 is 0 Å². The van der Waals surface area contributed by atoms with Crippen LogP contribution in [0.2, 0.25) is 0 Å². The third-order valence-electron chi connectivity index (χ3n) is 12.4. The van der Waals surface area contributed by atoms with Crippen molar-refractivity contribution in [2.75, 3.05) is 0 Å². The fraction of sp³-hybridized carbons (Fsp3) is 0.0566. The molecule has 0 bridgehead atoms. The maximum atomic E-state index is 5.44. The molecule has 1 spiro atoms. The topological polar surface area (TPSA) is 30.7 Å². The van der Waals surface area contributed by atoms with E-state index < -0.39 is 5.41 Å². The minimum Gasteiger partial charge on any atom is -0.296 e. The minimum atomic E-state index is -0.398.